The molecule has 2 N–H and O–H groups in total. The van der Waals surface area contributed by atoms with E-state index in [1.165, 1.54) is 0 Å². The van der Waals surface area contributed by atoms with Crippen molar-refractivity contribution < 1.29 is 14.6 Å². The lowest BCUT2D eigenvalue weighted by Gasteiger charge is -2.16. The molecule has 0 saturated carbocycles. The van der Waals surface area contributed by atoms with Crippen molar-refractivity contribution in [3.63, 3.8) is 0 Å². The molecule has 0 amide bonds. The highest BCUT2D eigenvalue weighted by molar-refractivity contribution is 6.32. The minimum absolute atomic E-state index is 0.0330. The number of rotatable bonds is 7. The van der Waals surface area contributed by atoms with E-state index in [0.29, 0.717) is 29.6 Å². The van der Waals surface area contributed by atoms with Gasteiger partial charge in [0.05, 0.1) is 24.3 Å². The molecule has 108 valence electrons. The van der Waals surface area contributed by atoms with Gasteiger partial charge in [-0.1, -0.05) is 11.6 Å². The zero-order valence-corrected chi connectivity index (χ0v) is 12.6. The van der Waals surface area contributed by atoms with E-state index in [0.717, 1.165) is 5.56 Å². The third kappa shape index (κ3) is 5.27. The number of hydrogen-bond acceptors (Lipinski definition) is 4. The number of aliphatic hydroxyl groups excluding tert-OH is 1. The zero-order valence-electron chi connectivity index (χ0n) is 11.9. The van der Waals surface area contributed by atoms with Gasteiger partial charge in [-0.3, -0.25) is 0 Å². The minimum atomic E-state index is -0.374. The van der Waals surface area contributed by atoms with Gasteiger partial charge < -0.3 is 19.9 Å². The first-order valence-electron chi connectivity index (χ1n) is 6.36. The predicted octanol–water partition coefficient (Wildman–Crippen LogP) is 2.61. The quantitative estimate of drug-likeness (QED) is 0.809. The number of nitrogens with one attached hydrogen (secondary N) is 1. The molecule has 4 nitrogen and oxygen atoms in total. The van der Waals surface area contributed by atoms with Gasteiger partial charge in [-0.15, -0.1) is 0 Å². The third-order valence-corrected chi connectivity index (χ3v) is 2.69. The molecule has 1 aromatic carbocycles. The van der Waals surface area contributed by atoms with Crippen LogP contribution in [0.25, 0.3) is 0 Å². The van der Waals surface area contributed by atoms with Crippen LogP contribution in [-0.4, -0.2) is 31.0 Å². The number of aliphatic hydroxyl groups is 1. The van der Waals surface area contributed by atoms with E-state index in [9.17, 15) is 5.11 Å². The summed E-state index contributed by atoms with van der Waals surface area (Å²) in [7, 11) is 1.59. The van der Waals surface area contributed by atoms with Crippen LogP contribution in [-0.2, 0) is 6.54 Å². The molecular weight excluding hydrogens is 266 g/mol. The number of benzene rings is 1. The molecular formula is C14H22ClNO3. The van der Waals surface area contributed by atoms with Crippen molar-refractivity contribution in [2.45, 2.75) is 39.5 Å². The Morgan fingerprint density at radius 3 is 2.53 bits per heavy atom. The van der Waals surface area contributed by atoms with Gasteiger partial charge in [-0.05, 0) is 38.5 Å². The highest BCUT2D eigenvalue weighted by atomic mass is 35.5. The molecule has 1 atom stereocenters. The van der Waals surface area contributed by atoms with Crippen molar-refractivity contribution in [2.24, 2.45) is 0 Å². The first-order chi connectivity index (χ1) is 8.93. The molecule has 5 heteroatoms. The van der Waals surface area contributed by atoms with E-state index < -0.39 is 0 Å². The van der Waals surface area contributed by atoms with Gasteiger partial charge in [0.1, 0.15) is 0 Å². The van der Waals surface area contributed by atoms with Crippen molar-refractivity contribution in [1.29, 1.82) is 0 Å². The molecule has 1 aromatic rings. The predicted molar refractivity (Wildman–Crippen MR) is 77.2 cm³/mol. The van der Waals surface area contributed by atoms with Crippen molar-refractivity contribution in [3.05, 3.63) is 22.7 Å². The van der Waals surface area contributed by atoms with Gasteiger partial charge >= 0.3 is 0 Å². The molecule has 1 rings (SSSR count). The van der Waals surface area contributed by atoms with E-state index in [2.05, 4.69) is 5.32 Å². The van der Waals surface area contributed by atoms with Gasteiger partial charge in [0.25, 0.3) is 0 Å². The fourth-order valence-electron chi connectivity index (χ4n) is 1.65. The molecule has 0 unspecified atom stereocenters. The summed E-state index contributed by atoms with van der Waals surface area (Å²) in [6.45, 7) is 6.76. The Labute approximate surface area is 119 Å². The van der Waals surface area contributed by atoms with Crippen LogP contribution in [0.3, 0.4) is 0 Å². The fraction of sp³-hybridized carbons (Fsp3) is 0.571. The van der Waals surface area contributed by atoms with Gasteiger partial charge in [0.15, 0.2) is 11.5 Å². The molecule has 0 fully saturated rings. The van der Waals surface area contributed by atoms with Crippen molar-refractivity contribution in [2.75, 3.05) is 13.7 Å². The normalized spacial score (nSPS) is 12.6. The first-order valence-corrected chi connectivity index (χ1v) is 6.73. The molecule has 0 radical (unpaired) electrons. The molecule has 0 saturated heterocycles. The van der Waals surface area contributed by atoms with Gasteiger partial charge in [0, 0.05) is 13.1 Å². The van der Waals surface area contributed by atoms with Gasteiger partial charge in [-0.2, -0.15) is 0 Å². The standard InChI is InChI=1S/C14H22ClNO3/c1-9(2)19-14-12(15)5-11(6-13(14)18-4)8-16-7-10(3)17/h5-6,9-10,16-17H,7-8H2,1-4H3/t10-/m1/s1. The van der Waals surface area contributed by atoms with E-state index >= 15 is 0 Å². The second kappa shape index (κ2) is 7.58. The van der Waals surface area contributed by atoms with E-state index in [4.69, 9.17) is 21.1 Å². The van der Waals surface area contributed by atoms with Crippen LogP contribution in [0, 0.1) is 0 Å². The summed E-state index contributed by atoms with van der Waals surface area (Å²) in [5.41, 5.74) is 0.985. The lowest BCUT2D eigenvalue weighted by molar-refractivity contribution is 0.191. The van der Waals surface area contributed by atoms with Crippen molar-refractivity contribution in [3.8, 4) is 11.5 Å². The van der Waals surface area contributed by atoms with Crippen LogP contribution in [0.1, 0.15) is 26.3 Å². The monoisotopic (exact) mass is 287 g/mol. The Bertz CT molecular complexity index is 408. The van der Waals surface area contributed by atoms with Crippen LogP contribution < -0.4 is 14.8 Å². The number of methoxy groups -OCH3 is 1. The van der Waals surface area contributed by atoms with Gasteiger partial charge in [0.2, 0.25) is 0 Å². The third-order valence-electron chi connectivity index (χ3n) is 2.41. The molecule has 19 heavy (non-hydrogen) atoms. The van der Waals surface area contributed by atoms with Crippen LogP contribution >= 0.6 is 11.6 Å². The van der Waals surface area contributed by atoms with E-state index in [-0.39, 0.29) is 12.2 Å². The first kappa shape index (κ1) is 16.1. The molecule has 0 aliphatic carbocycles. The smallest absolute Gasteiger partial charge is 0.180 e. The number of hydrogen-bond donors (Lipinski definition) is 2. The summed E-state index contributed by atoms with van der Waals surface area (Å²) in [6, 6.07) is 3.73. The lowest BCUT2D eigenvalue weighted by Crippen LogP contribution is -2.23. The lowest BCUT2D eigenvalue weighted by atomic mass is 10.2. The van der Waals surface area contributed by atoms with Crippen molar-refractivity contribution in [1.82, 2.24) is 5.32 Å². The molecule has 0 bridgehead atoms. The maximum Gasteiger partial charge on any atom is 0.180 e. The van der Waals surface area contributed by atoms with Crippen molar-refractivity contribution >= 4 is 11.6 Å². The Balaban J connectivity index is 2.83. The summed E-state index contributed by atoms with van der Waals surface area (Å²) < 4.78 is 11.0. The van der Waals surface area contributed by atoms with E-state index in [1.54, 1.807) is 14.0 Å². The van der Waals surface area contributed by atoms with Crippen LogP contribution in [0.5, 0.6) is 11.5 Å². The largest absolute Gasteiger partial charge is 0.493 e. The highest BCUT2D eigenvalue weighted by Gasteiger charge is 2.13. The Hall–Kier alpha value is -0.970. The maximum absolute atomic E-state index is 9.20. The van der Waals surface area contributed by atoms with Crippen LogP contribution in [0.15, 0.2) is 12.1 Å². The summed E-state index contributed by atoms with van der Waals surface area (Å²) in [6.07, 6.45) is -0.341. The zero-order chi connectivity index (χ0) is 14.4. The second-order valence-electron chi connectivity index (χ2n) is 4.76. The summed E-state index contributed by atoms with van der Waals surface area (Å²) in [4.78, 5) is 0. The Morgan fingerprint density at radius 2 is 2.00 bits per heavy atom. The Kier molecular flexibility index (Phi) is 6.42. The van der Waals surface area contributed by atoms with Crippen LogP contribution in [0.4, 0.5) is 0 Å². The van der Waals surface area contributed by atoms with E-state index in [1.807, 2.05) is 26.0 Å². The molecule has 0 aromatic heterocycles. The summed E-state index contributed by atoms with van der Waals surface area (Å²) >= 11 is 6.22. The van der Waals surface area contributed by atoms with Crippen LogP contribution in [0.2, 0.25) is 5.02 Å². The minimum Gasteiger partial charge on any atom is -0.493 e. The molecule has 0 aliphatic rings. The topological polar surface area (TPSA) is 50.7 Å². The maximum atomic E-state index is 9.20. The summed E-state index contributed by atoms with van der Waals surface area (Å²) in [5.74, 6) is 1.19. The fourth-order valence-corrected chi connectivity index (χ4v) is 1.93. The van der Waals surface area contributed by atoms with Gasteiger partial charge in [-0.25, -0.2) is 0 Å². The summed E-state index contributed by atoms with van der Waals surface area (Å²) in [5, 5.41) is 12.9. The molecule has 0 aliphatic heterocycles. The highest BCUT2D eigenvalue weighted by Crippen LogP contribution is 2.37. The SMILES string of the molecule is COc1cc(CNC[C@@H](C)O)cc(Cl)c1OC(C)C. The molecule has 0 heterocycles. The average molecular weight is 288 g/mol. The number of halogens is 1. The second-order valence-corrected chi connectivity index (χ2v) is 5.16. The molecule has 0 spiro atoms. The Morgan fingerprint density at radius 1 is 1.32 bits per heavy atom. The average Bonchev–Trinajstić information content (AvgIpc) is 2.31. The number of ether oxygens (including phenoxy) is 2.